The van der Waals surface area contributed by atoms with Crippen molar-refractivity contribution < 1.29 is 22.4 Å². The van der Waals surface area contributed by atoms with Gasteiger partial charge >= 0.3 is 0 Å². The number of amides is 1. The summed E-state index contributed by atoms with van der Waals surface area (Å²) in [6.07, 6.45) is 3.44. The Bertz CT molecular complexity index is 1250. The molecular formula is C25H23F4N5O. The van der Waals surface area contributed by atoms with Gasteiger partial charge < -0.3 is 10.2 Å². The number of imidazole rings is 1. The number of likely N-dealkylation sites (tertiary alicyclic amines) is 1. The number of carbonyl (C=O) groups excluding carboxylic acids is 1. The number of anilines is 2. The molecular weight excluding hydrogens is 462 g/mol. The number of fused-ring (bicyclic) bond motifs is 1. The molecule has 0 unspecified atom stereocenters. The van der Waals surface area contributed by atoms with E-state index in [1.54, 1.807) is 41.2 Å². The molecule has 2 aromatic carbocycles. The van der Waals surface area contributed by atoms with Crippen molar-refractivity contribution in [2.75, 3.05) is 25.0 Å². The monoisotopic (exact) mass is 485 g/mol. The fraction of sp³-hybridized carbons (Fsp3) is 0.280. The molecule has 1 aromatic heterocycles. The van der Waals surface area contributed by atoms with Crippen LogP contribution in [0.15, 0.2) is 54.7 Å². The molecule has 6 nitrogen and oxygen atoms in total. The molecule has 0 bridgehead atoms. The molecule has 0 spiro atoms. The summed E-state index contributed by atoms with van der Waals surface area (Å²) in [4.78, 5) is 20.5. The highest BCUT2D eigenvalue weighted by Gasteiger charge is 2.36. The average Bonchev–Trinajstić information content (AvgIpc) is 3.18. The minimum atomic E-state index is -2.78. The first kappa shape index (κ1) is 23.1. The van der Waals surface area contributed by atoms with E-state index in [0.29, 0.717) is 41.6 Å². The topological polar surface area (TPSA) is 53.4 Å². The van der Waals surface area contributed by atoms with Crippen LogP contribution in [0.1, 0.15) is 18.7 Å². The highest BCUT2D eigenvalue weighted by molar-refractivity contribution is 5.82. The van der Waals surface area contributed by atoms with Gasteiger partial charge in [-0.05, 0) is 61.5 Å². The number of benzene rings is 2. The van der Waals surface area contributed by atoms with Crippen LogP contribution in [0.4, 0.5) is 29.1 Å². The van der Waals surface area contributed by atoms with Crippen molar-refractivity contribution in [1.82, 2.24) is 19.4 Å². The number of hydrogen-bond acceptors (Lipinski definition) is 4. The Morgan fingerprint density at radius 1 is 1.00 bits per heavy atom. The largest absolute Gasteiger partial charge is 0.339 e. The summed E-state index contributed by atoms with van der Waals surface area (Å²) in [5, 5.41) is 3.23. The van der Waals surface area contributed by atoms with Gasteiger partial charge in [0, 0.05) is 30.1 Å². The maximum absolute atomic E-state index is 13.7. The Morgan fingerprint density at radius 2 is 1.69 bits per heavy atom. The van der Waals surface area contributed by atoms with Gasteiger partial charge in [-0.25, -0.2) is 22.5 Å². The lowest BCUT2D eigenvalue weighted by Gasteiger charge is -2.33. The van der Waals surface area contributed by atoms with Gasteiger partial charge in [0.25, 0.3) is 5.92 Å². The Balaban J connectivity index is 1.41. The van der Waals surface area contributed by atoms with E-state index in [0.717, 1.165) is 0 Å². The van der Waals surface area contributed by atoms with Crippen LogP contribution in [0, 0.1) is 11.6 Å². The van der Waals surface area contributed by atoms with Gasteiger partial charge in [0.1, 0.15) is 29.0 Å². The molecule has 1 N–H and O–H groups in total. The molecule has 3 heterocycles. The fourth-order valence-electron chi connectivity index (χ4n) is 4.34. The summed E-state index contributed by atoms with van der Waals surface area (Å²) in [7, 11) is 0. The van der Waals surface area contributed by atoms with E-state index in [1.807, 2.05) is 0 Å². The van der Waals surface area contributed by atoms with Crippen LogP contribution in [0.3, 0.4) is 0 Å². The number of hydrogen-bond donors (Lipinski definition) is 1. The van der Waals surface area contributed by atoms with E-state index >= 15 is 0 Å². The highest BCUT2D eigenvalue weighted by Crippen LogP contribution is 2.34. The van der Waals surface area contributed by atoms with Crippen molar-refractivity contribution in [2.24, 2.45) is 0 Å². The first-order valence-corrected chi connectivity index (χ1v) is 11.2. The van der Waals surface area contributed by atoms with Crippen LogP contribution in [-0.4, -0.2) is 50.8 Å². The summed E-state index contributed by atoms with van der Waals surface area (Å²) in [5.41, 5.74) is 1.80. The van der Waals surface area contributed by atoms with Gasteiger partial charge in [0.05, 0.1) is 19.6 Å². The van der Waals surface area contributed by atoms with E-state index < -0.39 is 12.5 Å². The third-order valence-electron chi connectivity index (χ3n) is 6.07. The molecule has 0 atom stereocenters. The number of alkyl halides is 2. The maximum atomic E-state index is 13.7. The van der Waals surface area contributed by atoms with Gasteiger partial charge in [-0.3, -0.25) is 14.3 Å². The van der Waals surface area contributed by atoms with Crippen LogP contribution >= 0.6 is 0 Å². The van der Waals surface area contributed by atoms with E-state index in [2.05, 4.69) is 5.32 Å². The molecule has 1 fully saturated rings. The Labute approximate surface area is 199 Å². The molecule has 1 saturated heterocycles. The lowest BCUT2D eigenvalue weighted by molar-refractivity contribution is -0.133. The first-order valence-electron chi connectivity index (χ1n) is 11.2. The predicted octanol–water partition coefficient (Wildman–Crippen LogP) is 5.07. The van der Waals surface area contributed by atoms with Crippen molar-refractivity contribution in [3.63, 3.8) is 0 Å². The van der Waals surface area contributed by atoms with Crippen molar-refractivity contribution in [3.05, 3.63) is 72.2 Å². The van der Waals surface area contributed by atoms with E-state index in [4.69, 9.17) is 4.98 Å². The smallest absolute Gasteiger partial charge is 0.260 e. The summed E-state index contributed by atoms with van der Waals surface area (Å²) in [6.45, 7) is 0.0599. The maximum Gasteiger partial charge on any atom is 0.260 e. The van der Waals surface area contributed by atoms with Gasteiger partial charge in [0.15, 0.2) is 0 Å². The fourth-order valence-corrected chi connectivity index (χ4v) is 4.34. The zero-order valence-electron chi connectivity index (χ0n) is 18.7. The van der Waals surface area contributed by atoms with Gasteiger partial charge in [-0.15, -0.1) is 0 Å². The SMILES string of the molecule is O=C(CN1CCCC(F)(F)C1)N1C=Cn2c(nc(-c3ccc(F)cc3)c2Nc2ccc(F)cc2)C1. The third-order valence-corrected chi connectivity index (χ3v) is 6.07. The van der Waals surface area contributed by atoms with Crippen LogP contribution < -0.4 is 5.32 Å². The zero-order valence-corrected chi connectivity index (χ0v) is 18.7. The molecule has 2 aliphatic heterocycles. The number of rotatable bonds is 5. The van der Waals surface area contributed by atoms with Crippen LogP contribution in [0.2, 0.25) is 0 Å². The molecule has 10 heteroatoms. The Kier molecular flexibility index (Phi) is 6.06. The summed E-state index contributed by atoms with van der Waals surface area (Å²) >= 11 is 0. The second-order valence-corrected chi connectivity index (χ2v) is 8.72. The molecule has 0 aliphatic carbocycles. The molecule has 0 radical (unpaired) electrons. The molecule has 1 amide bonds. The van der Waals surface area contributed by atoms with Gasteiger partial charge in [-0.2, -0.15) is 0 Å². The molecule has 0 saturated carbocycles. The lowest BCUT2D eigenvalue weighted by Crippen LogP contribution is -2.47. The summed E-state index contributed by atoms with van der Waals surface area (Å²) < 4.78 is 56.1. The van der Waals surface area contributed by atoms with Crippen LogP contribution in [0.25, 0.3) is 17.5 Å². The van der Waals surface area contributed by atoms with Crippen molar-refractivity contribution in [2.45, 2.75) is 25.3 Å². The average molecular weight is 485 g/mol. The Morgan fingerprint density at radius 3 is 2.37 bits per heavy atom. The van der Waals surface area contributed by atoms with E-state index in [1.165, 1.54) is 34.1 Å². The third kappa shape index (κ3) is 5.07. The van der Waals surface area contributed by atoms with Gasteiger partial charge in [-0.1, -0.05) is 0 Å². The van der Waals surface area contributed by atoms with Crippen molar-refractivity contribution in [1.29, 1.82) is 0 Å². The zero-order chi connectivity index (χ0) is 24.6. The summed E-state index contributed by atoms with van der Waals surface area (Å²) in [5.74, 6) is -2.73. The first-order chi connectivity index (χ1) is 16.8. The highest BCUT2D eigenvalue weighted by atomic mass is 19.3. The van der Waals surface area contributed by atoms with Crippen LogP contribution in [0.5, 0.6) is 0 Å². The number of piperidine rings is 1. The number of nitrogens with one attached hydrogen (secondary N) is 1. The van der Waals surface area contributed by atoms with E-state index in [9.17, 15) is 22.4 Å². The van der Waals surface area contributed by atoms with Crippen LogP contribution in [-0.2, 0) is 11.3 Å². The number of carbonyl (C=O) groups is 1. The normalized spacial score (nSPS) is 17.3. The minimum absolute atomic E-state index is 0.105. The number of aromatic nitrogens is 2. The quantitative estimate of drug-likeness (QED) is 0.513. The second kappa shape index (κ2) is 9.18. The standard InChI is InChI=1S/C25H23F4N5O/c26-18-4-2-17(3-5-18)23-24(30-20-8-6-19(27)7-9-20)34-13-12-33(14-21(34)31-23)22(35)15-32-11-1-10-25(28,29)16-32/h2-9,12-13,30H,1,10-11,14-16H2. The lowest BCUT2D eigenvalue weighted by atomic mass is 10.1. The molecule has 5 rings (SSSR count). The predicted molar refractivity (Wildman–Crippen MR) is 124 cm³/mol. The van der Waals surface area contributed by atoms with Crippen molar-refractivity contribution in [3.8, 4) is 11.3 Å². The minimum Gasteiger partial charge on any atom is -0.339 e. The molecule has 182 valence electrons. The molecule has 35 heavy (non-hydrogen) atoms. The summed E-state index contributed by atoms with van der Waals surface area (Å²) in [6, 6.07) is 11.7. The van der Waals surface area contributed by atoms with Gasteiger partial charge in [0.2, 0.25) is 5.91 Å². The van der Waals surface area contributed by atoms with Crippen molar-refractivity contribution >= 4 is 23.6 Å². The molecule has 2 aliphatic rings. The number of nitrogens with zero attached hydrogens (tertiary/aromatic N) is 4. The Hall–Kier alpha value is -3.66. The number of halogens is 4. The second-order valence-electron chi connectivity index (χ2n) is 8.72. The molecule has 3 aromatic rings. The van der Waals surface area contributed by atoms with E-state index in [-0.39, 0.29) is 37.1 Å².